The molecular weight excluding hydrogens is 730 g/mol. The summed E-state index contributed by atoms with van der Waals surface area (Å²) in [6, 6.07) is 15.9. The summed E-state index contributed by atoms with van der Waals surface area (Å²) in [6.07, 6.45) is 7.00. The first-order valence-electron chi connectivity index (χ1n) is 13.8. The Morgan fingerprint density at radius 3 is 1.84 bits per heavy atom. The Morgan fingerprint density at radius 1 is 0.653 bits per heavy atom. The van der Waals surface area contributed by atoms with Gasteiger partial charge in [-0.15, -0.1) is 0 Å². The van der Waals surface area contributed by atoms with Crippen molar-refractivity contribution in [3.05, 3.63) is 88.4 Å². The average Bonchev–Trinajstić information content (AvgIpc) is 2.96. The molecule has 12 nitrogen and oxygen atoms in total. The van der Waals surface area contributed by atoms with E-state index in [9.17, 15) is 35.1 Å². The molecule has 15 heteroatoms. The Labute approximate surface area is 296 Å². The summed E-state index contributed by atoms with van der Waals surface area (Å²) in [5.74, 6) is -1.49. The topological polar surface area (TPSA) is 232 Å². The zero-order chi connectivity index (χ0) is 35.4. The molecular formula is C34H34O12S2Zn+4. The average molecular weight is 764 g/mol. The minimum atomic E-state index is -0.575. The predicted molar refractivity (Wildman–Crippen MR) is 187 cm³/mol. The number of phenolic OH excluding ortho intramolecular Hbond substituents is 5. The van der Waals surface area contributed by atoms with Gasteiger partial charge in [0.15, 0.2) is 32.6 Å². The Hall–Kier alpha value is -4.98. The number of hydrogen-bond acceptors (Lipinski definition) is 8. The van der Waals surface area contributed by atoms with Crippen molar-refractivity contribution in [2.24, 2.45) is 0 Å². The predicted octanol–water partition coefficient (Wildman–Crippen LogP) is 4.81. The quantitative estimate of drug-likeness (QED) is 0.124. The van der Waals surface area contributed by atoms with Gasteiger partial charge in [-0.1, -0.05) is 0 Å². The molecule has 0 aliphatic rings. The third kappa shape index (κ3) is 8.93. The van der Waals surface area contributed by atoms with Crippen LogP contribution in [0.2, 0.25) is 0 Å². The van der Waals surface area contributed by atoms with E-state index in [1.54, 1.807) is 37.2 Å². The Morgan fingerprint density at radius 2 is 1.22 bits per heavy atom. The number of aromatic hydroxyl groups is 5. The maximum absolute atomic E-state index is 12.8. The molecule has 0 atom stereocenters. The molecule has 0 amide bonds. The van der Waals surface area contributed by atoms with Crippen LogP contribution in [0, 0.1) is 0 Å². The van der Waals surface area contributed by atoms with Crippen LogP contribution < -0.4 is 10.9 Å². The van der Waals surface area contributed by atoms with Gasteiger partial charge in [-0.05, 0) is 42.5 Å². The monoisotopic (exact) mass is 762 g/mol. The van der Waals surface area contributed by atoms with E-state index in [0.717, 1.165) is 18.2 Å². The first kappa shape index (κ1) is 38.5. The smallest absolute Gasteiger partial charge is 0.364 e. The zero-order valence-electron chi connectivity index (χ0n) is 26.8. The van der Waals surface area contributed by atoms with Crippen molar-refractivity contribution in [1.82, 2.24) is 0 Å². The second-order valence-corrected chi connectivity index (χ2v) is 13.8. The van der Waals surface area contributed by atoms with Crippen LogP contribution in [0.15, 0.2) is 86.4 Å². The van der Waals surface area contributed by atoms with Gasteiger partial charge < -0.3 is 39.5 Å². The first-order chi connectivity index (χ1) is 22.6. The van der Waals surface area contributed by atoms with E-state index in [4.69, 9.17) is 22.4 Å². The number of fused-ring (bicyclic) bond motifs is 2. The van der Waals surface area contributed by atoms with Crippen molar-refractivity contribution in [1.29, 1.82) is 0 Å². The second kappa shape index (κ2) is 15.9. The van der Waals surface area contributed by atoms with E-state index in [1.165, 1.54) is 42.5 Å². The van der Waals surface area contributed by atoms with E-state index in [1.807, 2.05) is 0 Å². The maximum Gasteiger partial charge on any atom is 0.364 e. The van der Waals surface area contributed by atoms with Crippen molar-refractivity contribution in [2.75, 3.05) is 25.0 Å². The third-order valence-electron chi connectivity index (χ3n) is 6.49. The summed E-state index contributed by atoms with van der Waals surface area (Å²) in [7, 11) is -0.722. The summed E-state index contributed by atoms with van der Waals surface area (Å²) in [5.41, 5.74) is -0.295. The molecule has 2 heterocycles. The van der Waals surface area contributed by atoms with Crippen molar-refractivity contribution in [3.8, 4) is 68.3 Å². The fraction of sp³-hybridized carbons (Fsp3) is 0.118. The summed E-state index contributed by atoms with van der Waals surface area (Å²) >= 11 is 0. The molecule has 6 rings (SSSR count). The van der Waals surface area contributed by atoms with Gasteiger partial charge in [0.25, 0.3) is 5.75 Å². The van der Waals surface area contributed by atoms with Crippen LogP contribution >= 0.6 is 0 Å². The number of hydrogen-bond donors (Lipinski definition) is 5. The van der Waals surface area contributed by atoms with Crippen molar-refractivity contribution >= 4 is 43.5 Å². The van der Waals surface area contributed by atoms with Crippen LogP contribution in [-0.4, -0.2) is 68.9 Å². The largest absolute Gasteiger partial charge is 0.592 e. The van der Waals surface area contributed by atoms with Crippen molar-refractivity contribution in [2.45, 2.75) is 0 Å². The van der Waals surface area contributed by atoms with E-state index < -0.39 is 16.9 Å². The molecule has 4 aromatic carbocycles. The second-order valence-electron chi connectivity index (χ2n) is 10.7. The van der Waals surface area contributed by atoms with Crippen molar-refractivity contribution < 1.29 is 72.2 Å². The number of phenols is 5. The van der Waals surface area contributed by atoms with Gasteiger partial charge in [0.1, 0.15) is 51.2 Å². The zero-order valence-corrected chi connectivity index (χ0v) is 31.4. The molecule has 0 saturated heterocycles. The molecule has 252 valence electrons. The van der Waals surface area contributed by atoms with E-state index in [-0.39, 0.29) is 120 Å². The molecule has 0 unspecified atom stereocenters. The van der Waals surface area contributed by atoms with Crippen molar-refractivity contribution in [3.63, 3.8) is 0 Å². The maximum atomic E-state index is 12.8. The van der Waals surface area contributed by atoms with E-state index in [0.29, 0.717) is 5.56 Å². The minimum absolute atomic E-state index is 0. The Balaban J connectivity index is 0.000000654. The van der Waals surface area contributed by atoms with Gasteiger partial charge in [-0.25, -0.2) is 0 Å². The van der Waals surface area contributed by atoms with Gasteiger partial charge in [0.2, 0.25) is 5.39 Å². The standard InChI is InChI=1S/C30H18O10.2C2H6OS.Zn/c31-15-4-1-13(2-5-15)24-12-23(38)29-21(36)10-20(35)27(30(29)40-24)17-7-14(3-6-18(17)33)25-11-22(37)28-19(34)8-16(32)9-26(28)39-25;2*1-4(2)3;/h1-12,31-36H;2*1-2H3;/p+4. The molecule has 0 saturated carbocycles. The molecule has 0 aliphatic heterocycles. The molecule has 6 aromatic rings. The summed E-state index contributed by atoms with van der Waals surface area (Å²) in [5, 5.41) is 59.5. The fourth-order valence-corrected chi connectivity index (χ4v) is 4.65. The molecule has 0 fully saturated rings. The summed E-state index contributed by atoms with van der Waals surface area (Å²) in [4.78, 5) is 23.6. The molecule has 0 radical (unpaired) electrons. The Bertz CT molecular complexity index is 2310. The van der Waals surface area contributed by atoms with Crippen LogP contribution in [0.3, 0.4) is 0 Å². The molecule has 0 bridgehead atoms. The first-order valence-corrected chi connectivity index (χ1v) is 17.8. The van der Waals surface area contributed by atoms with Crippen LogP contribution in [0.25, 0.3) is 55.7 Å². The van der Waals surface area contributed by atoms with Crippen LogP contribution in [0.4, 0.5) is 0 Å². The third-order valence-corrected chi connectivity index (χ3v) is 6.49. The molecule has 2 aromatic heterocycles. The Kier molecular flexibility index (Phi) is 12.5. The molecule has 0 aliphatic carbocycles. The van der Waals surface area contributed by atoms with Gasteiger partial charge in [-0.2, -0.15) is 0 Å². The molecule has 0 spiro atoms. The number of benzene rings is 4. The van der Waals surface area contributed by atoms with Crippen LogP contribution in [0.1, 0.15) is 0 Å². The molecule has 10 N–H and O–H groups in total. The minimum Gasteiger partial charge on any atom is -0.592 e. The van der Waals surface area contributed by atoms with Gasteiger partial charge in [-0.3, -0.25) is 18.0 Å². The van der Waals surface area contributed by atoms with Gasteiger partial charge >= 0.3 is 5.43 Å². The van der Waals surface area contributed by atoms with Crippen LogP contribution in [-0.2, 0) is 41.1 Å². The summed E-state index contributed by atoms with van der Waals surface area (Å²) < 4.78 is 28.0. The molecule has 49 heavy (non-hydrogen) atoms. The van der Waals surface area contributed by atoms with Gasteiger partial charge in [0.05, 0.1) is 42.7 Å². The van der Waals surface area contributed by atoms with E-state index >= 15 is 0 Å². The number of rotatable bonds is 3. The SMILES string of the molecule is CS(C)=[OH+].CS(C)=[OH+].O=c1cc(-c2ccc(O)c(-c3c(O)cc([OH2+])c4c(=[OH+])cc(-c5ccc(O)cc5)oc34)c2)oc2cc(O)cc(O)c12.[Zn]. The summed E-state index contributed by atoms with van der Waals surface area (Å²) in [6.45, 7) is 0. The van der Waals surface area contributed by atoms with Crippen LogP contribution in [0.5, 0.6) is 34.5 Å². The van der Waals surface area contributed by atoms with Gasteiger partial charge in [0, 0.05) is 54.4 Å². The normalized spacial score (nSPS) is 10.7. The van der Waals surface area contributed by atoms with E-state index in [2.05, 4.69) is 0 Å². The fourth-order valence-electron chi connectivity index (χ4n) is 4.65.